The molecule has 0 bridgehead atoms. The molecule has 1 aromatic rings. The summed E-state index contributed by atoms with van der Waals surface area (Å²) in [6.45, 7) is 1.85. The van der Waals surface area contributed by atoms with Gasteiger partial charge < -0.3 is 5.32 Å². The van der Waals surface area contributed by atoms with Crippen molar-refractivity contribution in [2.24, 2.45) is 4.99 Å². The monoisotopic (exact) mass is 228 g/mol. The maximum absolute atomic E-state index is 5.92. The molecule has 0 unspecified atom stereocenters. The summed E-state index contributed by atoms with van der Waals surface area (Å²) in [6, 6.07) is 5.55. The molecular weight excluding hydrogens is 219 g/mol. The van der Waals surface area contributed by atoms with Crippen LogP contribution in [-0.2, 0) is 0 Å². The first-order chi connectivity index (χ1) is 6.77. The lowest BCUT2D eigenvalue weighted by Gasteiger charge is -2.14. The Labute approximate surface area is 92.9 Å². The van der Waals surface area contributed by atoms with Crippen LogP contribution < -0.4 is 5.32 Å². The normalized spacial score (nSPS) is 16.0. The van der Waals surface area contributed by atoms with Crippen LogP contribution in [0.15, 0.2) is 23.2 Å². The van der Waals surface area contributed by atoms with Gasteiger partial charge in [0.25, 0.3) is 0 Å². The van der Waals surface area contributed by atoms with Crippen molar-refractivity contribution in [2.75, 3.05) is 13.1 Å². The second-order valence-corrected chi connectivity index (χ2v) is 3.95. The maximum atomic E-state index is 5.92. The van der Waals surface area contributed by atoms with E-state index in [0.29, 0.717) is 10.0 Å². The highest BCUT2D eigenvalue weighted by Gasteiger charge is 2.08. The Hall–Kier alpha value is -0.730. The van der Waals surface area contributed by atoms with E-state index in [-0.39, 0.29) is 0 Å². The van der Waals surface area contributed by atoms with Crippen molar-refractivity contribution in [3.63, 3.8) is 0 Å². The van der Waals surface area contributed by atoms with Crippen LogP contribution in [0.5, 0.6) is 0 Å². The van der Waals surface area contributed by atoms with Crippen molar-refractivity contribution in [1.29, 1.82) is 0 Å². The zero-order valence-corrected chi connectivity index (χ0v) is 9.07. The number of hydrogen-bond acceptors (Lipinski definition) is 2. The molecule has 0 fully saturated rings. The first-order valence-corrected chi connectivity index (χ1v) is 5.27. The number of nitrogens with one attached hydrogen (secondary N) is 1. The molecule has 2 nitrogen and oxygen atoms in total. The fourth-order valence-electron chi connectivity index (χ4n) is 1.37. The quantitative estimate of drug-likeness (QED) is 0.786. The standard InChI is InChI=1S/C10H10Cl2N2/c11-8-3-2-7(6-9(8)12)10-13-4-1-5-14-10/h2-3,6H,1,4-5H2,(H,13,14). The maximum Gasteiger partial charge on any atom is 0.128 e. The number of amidine groups is 1. The molecule has 1 heterocycles. The van der Waals surface area contributed by atoms with Gasteiger partial charge in [-0.3, -0.25) is 4.99 Å². The van der Waals surface area contributed by atoms with Gasteiger partial charge in [0.2, 0.25) is 0 Å². The van der Waals surface area contributed by atoms with Crippen LogP contribution in [0, 0.1) is 0 Å². The average molecular weight is 229 g/mol. The molecule has 0 saturated heterocycles. The van der Waals surface area contributed by atoms with Crippen molar-refractivity contribution in [1.82, 2.24) is 5.32 Å². The molecule has 1 N–H and O–H groups in total. The molecule has 0 atom stereocenters. The lowest BCUT2D eigenvalue weighted by atomic mass is 10.2. The largest absolute Gasteiger partial charge is 0.370 e. The Morgan fingerprint density at radius 2 is 2.07 bits per heavy atom. The molecule has 0 saturated carbocycles. The Balaban J connectivity index is 2.32. The Kier molecular flexibility index (Phi) is 2.94. The highest BCUT2D eigenvalue weighted by Crippen LogP contribution is 2.22. The number of rotatable bonds is 1. The van der Waals surface area contributed by atoms with Crippen LogP contribution in [0.3, 0.4) is 0 Å². The first-order valence-electron chi connectivity index (χ1n) is 4.51. The van der Waals surface area contributed by atoms with Gasteiger partial charge in [-0.2, -0.15) is 0 Å². The van der Waals surface area contributed by atoms with E-state index in [1.807, 2.05) is 12.1 Å². The average Bonchev–Trinajstić information content (AvgIpc) is 2.23. The molecular formula is C10H10Cl2N2. The number of benzene rings is 1. The van der Waals surface area contributed by atoms with Gasteiger partial charge in [-0.1, -0.05) is 23.2 Å². The highest BCUT2D eigenvalue weighted by atomic mass is 35.5. The van der Waals surface area contributed by atoms with Gasteiger partial charge >= 0.3 is 0 Å². The number of halogens is 2. The van der Waals surface area contributed by atoms with Crippen LogP contribution in [-0.4, -0.2) is 18.9 Å². The predicted molar refractivity (Wildman–Crippen MR) is 60.5 cm³/mol. The summed E-state index contributed by atoms with van der Waals surface area (Å²) in [5.74, 6) is 0.912. The van der Waals surface area contributed by atoms with E-state index in [0.717, 1.165) is 30.9 Å². The van der Waals surface area contributed by atoms with Crippen molar-refractivity contribution in [3.05, 3.63) is 33.8 Å². The molecule has 1 aliphatic rings. The molecule has 0 spiro atoms. The molecule has 0 amide bonds. The molecule has 0 aromatic heterocycles. The van der Waals surface area contributed by atoms with Gasteiger partial charge in [-0.05, 0) is 24.6 Å². The molecule has 0 aliphatic carbocycles. The summed E-state index contributed by atoms with van der Waals surface area (Å²) < 4.78 is 0. The Morgan fingerprint density at radius 3 is 2.71 bits per heavy atom. The van der Waals surface area contributed by atoms with Crippen LogP contribution >= 0.6 is 23.2 Å². The van der Waals surface area contributed by atoms with E-state index in [2.05, 4.69) is 10.3 Å². The van der Waals surface area contributed by atoms with E-state index in [1.54, 1.807) is 6.07 Å². The molecule has 0 radical (unpaired) electrons. The SMILES string of the molecule is Clc1ccc(C2=NCCCN2)cc1Cl. The number of hydrogen-bond donors (Lipinski definition) is 1. The second kappa shape index (κ2) is 4.20. The minimum atomic E-state index is 0.569. The smallest absolute Gasteiger partial charge is 0.128 e. The molecule has 74 valence electrons. The third-order valence-electron chi connectivity index (χ3n) is 2.09. The third-order valence-corrected chi connectivity index (χ3v) is 2.83. The summed E-state index contributed by atoms with van der Waals surface area (Å²) in [6.07, 6.45) is 1.09. The summed E-state index contributed by atoms with van der Waals surface area (Å²) >= 11 is 11.7. The van der Waals surface area contributed by atoms with Crippen LogP contribution in [0.4, 0.5) is 0 Å². The summed E-state index contributed by atoms with van der Waals surface area (Å²) in [7, 11) is 0. The lowest BCUT2D eigenvalue weighted by molar-refractivity contribution is 0.742. The van der Waals surface area contributed by atoms with Crippen molar-refractivity contribution in [2.45, 2.75) is 6.42 Å². The van der Waals surface area contributed by atoms with Gasteiger partial charge in [0.05, 0.1) is 10.0 Å². The van der Waals surface area contributed by atoms with Crippen molar-refractivity contribution < 1.29 is 0 Å². The van der Waals surface area contributed by atoms with E-state index in [1.165, 1.54) is 0 Å². The van der Waals surface area contributed by atoms with Crippen molar-refractivity contribution >= 4 is 29.0 Å². The topological polar surface area (TPSA) is 24.4 Å². The second-order valence-electron chi connectivity index (χ2n) is 3.14. The summed E-state index contributed by atoms with van der Waals surface area (Å²) in [4.78, 5) is 4.37. The van der Waals surface area contributed by atoms with Gasteiger partial charge in [-0.25, -0.2) is 0 Å². The van der Waals surface area contributed by atoms with E-state index >= 15 is 0 Å². The van der Waals surface area contributed by atoms with Gasteiger partial charge in [-0.15, -0.1) is 0 Å². The van der Waals surface area contributed by atoms with Gasteiger partial charge in [0, 0.05) is 18.7 Å². The molecule has 1 aliphatic heterocycles. The lowest BCUT2D eigenvalue weighted by Crippen LogP contribution is -2.30. The molecule has 1 aromatic carbocycles. The third kappa shape index (κ3) is 2.02. The Morgan fingerprint density at radius 1 is 1.21 bits per heavy atom. The van der Waals surface area contributed by atoms with E-state index in [9.17, 15) is 0 Å². The molecule has 4 heteroatoms. The van der Waals surface area contributed by atoms with Crippen LogP contribution in [0.1, 0.15) is 12.0 Å². The number of nitrogens with zero attached hydrogens (tertiary/aromatic N) is 1. The first kappa shape index (κ1) is 9.81. The predicted octanol–water partition coefficient (Wildman–Crippen LogP) is 2.73. The highest BCUT2D eigenvalue weighted by molar-refractivity contribution is 6.42. The molecule has 14 heavy (non-hydrogen) atoms. The van der Waals surface area contributed by atoms with Crippen LogP contribution in [0.2, 0.25) is 10.0 Å². The fraction of sp³-hybridized carbons (Fsp3) is 0.300. The number of aliphatic imine (C=N–C) groups is 1. The minimum Gasteiger partial charge on any atom is -0.370 e. The molecule has 2 rings (SSSR count). The Bertz CT molecular complexity index is 374. The van der Waals surface area contributed by atoms with Gasteiger partial charge in [0.1, 0.15) is 5.84 Å². The van der Waals surface area contributed by atoms with Gasteiger partial charge in [0.15, 0.2) is 0 Å². The zero-order chi connectivity index (χ0) is 9.97. The van der Waals surface area contributed by atoms with Crippen LogP contribution in [0.25, 0.3) is 0 Å². The summed E-state index contributed by atoms with van der Waals surface area (Å²) in [5, 5.41) is 4.37. The van der Waals surface area contributed by atoms with E-state index in [4.69, 9.17) is 23.2 Å². The fourth-order valence-corrected chi connectivity index (χ4v) is 1.67. The summed E-state index contributed by atoms with van der Waals surface area (Å²) in [5.41, 5.74) is 0.999. The van der Waals surface area contributed by atoms with Crippen molar-refractivity contribution in [3.8, 4) is 0 Å². The van der Waals surface area contributed by atoms with E-state index < -0.39 is 0 Å². The minimum absolute atomic E-state index is 0.569. The zero-order valence-electron chi connectivity index (χ0n) is 7.56.